The van der Waals surface area contributed by atoms with Crippen LogP contribution in [0, 0.1) is 0 Å². The van der Waals surface area contributed by atoms with Gasteiger partial charge in [-0.25, -0.2) is 4.79 Å². The van der Waals surface area contributed by atoms with Crippen LogP contribution in [-0.4, -0.2) is 82.6 Å². The summed E-state index contributed by atoms with van der Waals surface area (Å²) >= 11 is 0. The van der Waals surface area contributed by atoms with Crippen LogP contribution < -0.4 is 5.73 Å². The Morgan fingerprint density at radius 2 is 1.73 bits per heavy atom. The third kappa shape index (κ3) is 7.62. The molecule has 33 heavy (non-hydrogen) atoms. The van der Waals surface area contributed by atoms with Gasteiger partial charge in [0.15, 0.2) is 12.4 Å². The summed E-state index contributed by atoms with van der Waals surface area (Å²) in [4.78, 5) is 16.2. The number of carbonyl (C=O) groups is 1. The zero-order valence-electron chi connectivity index (χ0n) is 17.5. The average Bonchev–Trinajstić information content (AvgIpc) is 2.76. The molecule has 0 aromatic heterocycles. The molecule has 1 aromatic rings. The lowest BCUT2D eigenvalue weighted by molar-refractivity contribution is -0.294. The van der Waals surface area contributed by atoms with Crippen LogP contribution in [0.1, 0.15) is 30.4 Å². The monoisotopic (exact) mass is 480 g/mol. The number of carboxylic acid groups (broad SMARTS) is 1. The van der Waals surface area contributed by atoms with E-state index in [1.165, 1.54) is 12.1 Å². The molecule has 186 valence electrons. The van der Waals surface area contributed by atoms with Gasteiger partial charge in [-0.05, 0) is 37.0 Å². The molecule has 2 rings (SSSR count). The van der Waals surface area contributed by atoms with Gasteiger partial charge in [-0.3, -0.25) is 0 Å². The van der Waals surface area contributed by atoms with E-state index in [4.69, 9.17) is 25.2 Å². The molecule has 6 N–H and O–H groups in total. The Kier molecular flexibility index (Phi) is 10.0. The SMILES string of the molecule is NCCON=C(CCCCOC1OC(C(=O)O)C(O)C(O)C1O)c1ccc(C(F)(F)F)cc1. The van der Waals surface area contributed by atoms with Crippen molar-refractivity contribution < 1.29 is 52.7 Å². The lowest BCUT2D eigenvalue weighted by Crippen LogP contribution is -2.60. The summed E-state index contributed by atoms with van der Waals surface area (Å²) in [6, 6.07) is 4.46. The lowest BCUT2D eigenvalue weighted by Gasteiger charge is -2.38. The quantitative estimate of drug-likeness (QED) is 0.172. The first-order valence-electron chi connectivity index (χ1n) is 10.2. The molecule has 0 spiro atoms. The second-order valence-corrected chi connectivity index (χ2v) is 7.30. The number of alkyl halides is 3. The lowest BCUT2D eigenvalue weighted by atomic mass is 9.99. The van der Waals surface area contributed by atoms with Crippen molar-refractivity contribution in [1.29, 1.82) is 0 Å². The minimum absolute atomic E-state index is 0.000823. The van der Waals surface area contributed by atoms with Crippen LogP contribution in [0.2, 0.25) is 0 Å². The number of oxime groups is 1. The van der Waals surface area contributed by atoms with Crippen LogP contribution in [0.25, 0.3) is 0 Å². The van der Waals surface area contributed by atoms with E-state index in [0.29, 0.717) is 30.5 Å². The van der Waals surface area contributed by atoms with E-state index in [2.05, 4.69) is 5.16 Å². The number of aliphatic carboxylic acids is 1. The molecule has 1 aromatic carbocycles. The topological polar surface area (TPSA) is 164 Å². The summed E-state index contributed by atoms with van der Waals surface area (Å²) in [6.45, 7) is 0.336. The number of aliphatic hydroxyl groups is 3. The predicted molar refractivity (Wildman–Crippen MR) is 107 cm³/mol. The van der Waals surface area contributed by atoms with Crippen molar-refractivity contribution in [2.24, 2.45) is 10.9 Å². The number of halogens is 3. The Bertz CT molecular complexity index is 791. The van der Waals surface area contributed by atoms with Gasteiger partial charge in [0.25, 0.3) is 0 Å². The van der Waals surface area contributed by atoms with E-state index in [1.807, 2.05) is 0 Å². The summed E-state index contributed by atoms with van der Waals surface area (Å²) in [6.07, 6.45) is -11.8. The molecule has 1 fully saturated rings. The normalized spacial score (nSPS) is 26.3. The Balaban J connectivity index is 1.91. The highest BCUT2D eigenvalue weighted by atomic mass is 19.4. The zero-order valence-corrected chi connectivity index (χ0v) is 17.5. The first kappa shape index (κ1) is 27.0. The number of rotatable bonds is 11. The predicted octanol–water partition coefficient (Wildman–Crippen LogP) is 0.464. The largest absolute Gasteiger partial charge is 0.479 e. The van der Waals surface area contributed by atoms with Crippen LogP contribution in [0.5, 0.6) is 0 Å². The molecule has 0 aliphatic carbocycles. The standard InChI is InChI=1S/C20H27F3N2O8/c21-20(22,23)12-6-4-11(5-7-12)13(25-32-10-8-24)3-1-2-9-31-19-16(28)14(26)15(27)17(33-19)18(29)30/h4-7,14-17,19,26-28H,1-3,8-10,24H2,(H,29,30). The smallest absolute Gasteiger partial charge is 0.416 e. The van der Waals surface area contributed by atoms with Crippen LogP contribution in [-0.2, 0) is 25.3 Å². The van der Waals surface area contributed by atoms with Crippen LogP contribution in [0.4, 0.5) is 13.2 Å². The molecule has 5 unspecified atom stereocenters. The first-order valence-corrected chi connectivity index (χ1v) is 10.2. The first-order chi connectivity index (χ1) is 15.6. The third-order valence-corrected chi connectivity index (χ3v) is 4.83. The van der Waals surface area contributed by atoms with E-state index in [9.17, 15) is 33.3 Å². The fourth-order valence-electron chi connectivity index (χ4n) is 3.05. The van der Waals surface area contributed by atoms with Crippen molar-refractivity contribution >= 4 is 11.7 Å². The molecule has 1 aliphatic heterocycles. The Hall–Kier alpha value is -2.29. The molecule has 0 radical (unpaired) electrons. The number of ether oxygens (including phenoxy) is 2. The molecule has 0 saturated carbocycles. The molecule has 13 heteroatoms. The van der Waals surface area contributed by atoms with Crippen molar-refractivity contribution in [3.63, 3.8) is 0 Å². The van der Waals surface area contributed by atoms with Crippen LogP contribution >= 0.6 is 0 Å². The molecule has 1 aliphatic rings. The molecule has 0 amide bonds. The maximum atomic E-state index is 12.8. The summed E-state index contributed by atoms with van der Waals surface area (Å²) in [5.41, 5.74) is 5.40. The van der Waals surface area contributed by atoms with Crippen molar-refractivity contribution in [3.05, 3.63) is 35.4 Å². The fourth-order valence-corrected chi connectivity index (χ4v) is 3.05. The van der Waals surface area contributed by atoms with Gasteiger partial charge in [0.05, 0.1) is 11.3 Å². The van der Waals surface area contributed by atoms with E-state index in [-0.39, 0.29) is 19.8 Å². The Labute approximate surface area is 187 Å². The highest BCUT2D eigenvalue weighted by Gasteiger charge is 2.47. The minimum atomic E-state index is -4.46. The molecular formula is C20H27F3N2O8. The second kappa shape index (κ2) is 12.3. The number of aliphatic hydroxyl groups excluding tert-OH is 3. The van der Waals surface area contributed by atoms with Crippen molar-refractivity contribution in [1.82, 2.24) is 0 Å². The maximum absolute atomic E-state index is 12.8. The van der Waals surface area contributed by atoms with Gasteiger partial charge in [-0.2, -0.15) is 13.2 Å². The summed E-state index contributed by atoms with van der Waals surface area (Å²) in [5.74, 6) is -1.52. The number of benzene rings is 1. The Morgan fingerprint density at radius 1 is 1.06 bits per heavy atom. The number of hydrogen-bond acceptors (Lipinski definition) is 9. The van der Waals surface area contributed by atoms with Gasteiger partial charge < -0.3 is 40.5 Å². The number of hydrogen-bond donors (Lipinski definition) is 5. The molecule has 10 nitrogen and oxygen atoms in total. The molecular weight excluding hydrogens is 453 g/mol. The van der Waals surface area contributed by atoms with Crippen molar-refractivity contribution in [2.45, 2.75) is 56.1 Å². The average molecular weight is 480 g/mol. The molecule has 0 bridgehead atoms. The van der Waals surface area contributed by atoms with E-state index in [1.54, 1.807) is 0 Å². The number of carboxylic acids is 1. The Morgan fingerprint density at radius 3 is 2.30 bits per heavy atom. The number of nitrogens with two attached hydrogens (primary N) is 1. The maximum Gasteiger partial charge on any atom is 0.416 e. The van der Waals surface area contributed by atoms with Gasteiger partial charge in [-0.15, -0.1) is 0 Å². The number of nitrogens with zero attached hydrogens (tertiary/aromatic N) is 1. The zero-order chi connectivity index (χ0) is 24.6. The van der Waals surface area contributed by atoms with Crippen LogP contribution in [0.3, 0.4) is 0 Å². The summed E-state index contributed by atoms with van der Waals surface area (Å²) in [7, 11) is 0. The van der Waals surface area contributed by atoms with E-state index >= 15 is 0 Å². The highest BCUT2D eigenvalue weighted by molar-refractivity contribution is 6.00. The number of unbranched alkanes of at least 4 members (excludes halogenated alkanes) is 1. The van der Waals surface area contributed by atoms with Gasteiger partial charge in [0, 0.05) is 13.2 Å². The summed E-state index contributed by atoms with van der Waals surface area (Å²) < 4.78 is 48.7. The van der Waals surface area contributed by atoms with Gasteiger partial charge in [-0.1, -0.05) is 17.3 Å². The van der Waals surface area contributed by atoms with Gasteiger partial charge in [0.1, 0.15) is 24.9 Å². The van der Waals surface area contributed by atoms with Crippen molar-refractivity contribution in [3.8, 4) is 0 Å². The highest BCUT2D eigenvalue weighted by Crippen LogP contribution is 2.29. The van der Waals surface area contributed by atoms with E-state index < -0.39 is 48.4 Å². The van der Waals surface area contributed by atoms with Crippen molar-refractivity contribution in [2.75, 3.05) is 19.8 Å². The molecule has 5 atom stereocenters. The van der Waals surface area contributed by atoms with E-state index in [0.717, 1.165) is 12.1 Å². The molecule has 1 heterocycles. The summed E-state index contributed by atoms with van der Waals surface area (Å²) in [5, 5.41) is 42.3. The van der Waals surface area contributed by atoms with Gasteiger partial charge in [0.2, 0.25) is 0 Å². The molecule has 1 saturated heterocycles. The van der Waals surface area contributed by atoms with Gasteiger partial charge >= 0.3 is 12.1 Å². The second-order valence-electron chi connectivity index (χ2n) is 7.30. The van der Waals surface area contributed by atoms with Crippen LogP contribution in [0.15, 0.2) is 29.4 Å². The fraction of sp³-hybridized carbons (Fsp3) is 0.600. The minimum Gasteiger partial charge on any atom is -0.479 e. The third-order valence-electron chi connectivity index (χ3n) is 4.83.